The van der Waals surface area contributed by atoms with Crippen molar-refractivity contribution in [3.05, 3.63) is 88.7 Å². The topological polar surface area (TPSA) is 99.2 Å². The number of aromatic nitrogens is 8. The van der Waals surface area contributed by atoms with E-state index >= 15 is 0 Å². The van der Waals surface area contributed by atoms with Crippen LogP contribution in [-0.2, 0) is 19.5 Å². The predicted octanol–water partition coefficient (Wildman–Crippen LogP) is 4.62. The van der Waals surface area contributed by atoms with Crippen molar-refractivity contribution in [2.45, 2.75) is 52.6 Å². The highest BCUT2D eigenvalue weighted by molar-refractivity contribution is 5.81. The first-order chi connectivity index (χ1) is 18.1. The molecule has 10 heteroatoms. The lowest BCUT2D eigenvalue weighted by Gasteiger charge is -2.14. The molecule has 190 valence electrons. The van der Waals surface area contributed by atoms with E-state index in [1.807, 2.05) is 37.3 Å². The third-order valence-corrected chi connectivity index (χ3v) is 6.46. The Morgan fingerprint density at radius 3 is 2.62 bits per heavy atom. The van der Waals surface area contributed by atoms with Gasteiger partial charge in [-0.2, -0.15) is 5.21 Å². The molecule has 0 aliphatic rings. The zero-order valence-corrected chi connectivity index (χ0v) is 20.9. The van der Waals surface area contributed by atoms with Gasteiger partial charge in [0.25, 0.3) is 0 Å². The van der Waals surface area contributed by atoms with Crippen molar-refractivity contribution in [3.63, 3.8) is 0 Å². The summed E-state index contributed by atoms with van der Waals surface area (Å²) >= 11 is 0. The summed E-state index contributed by atoms with van der Waals surface area (Å²) in [6, 6.07) is 11.1. The number of hydrogen-bond donors (Lipinski definition) is 1. The number of benzene rings is 1. The fourth-order valence-corrected chi connectivity index (χ4v) is 4.69. The van der Waals surface area contributed by atoms with Gasteiger partial charge in [-0.15, -0.1) is 10.2 Å². The van der Waals surface area contributed by atoms with Crippen molar-refractivity contribution in [1.29, 1.82) is 0 Å². The zero-order valence-electron chi connectivity index (χ0n) is 20.9. The minimum Gasteiger partial charge on any atom is -0.331 e. The normalized spacial score (nSPS) is 11.3. The number of hydrogen-bond acceptors (Lipinski definition) is 5. The van der Waals surface area contributed by atoms with E-state index in [0.29, 0.717) is 25.3 Å². The van der Waals surface area contributed by atoms with Crippen LogP contribution in [0.3, 0.4) is 0 Å². The highest BCUT2D eigenvalue weighted by Gasteiger charge is 2.20. The van der Waals surface area contributed by atoms with Gasteiger partial charge < -0.3 is 4.57 Å². The summed E-state index contributed by atoms with van der Waals surface area (Å²) in [4.78, 5) is 18.1. The highest BCUT2D eigenvalue weighted by Crippen LogP contribution is 2.32. The summed E-state index contributed by atoms with van der Waals surface area (Å²) in [6.07, 6.45) is 10.4. The molecule has 5 rings (SSSR count). The van der Waals surface area contributed by atoms with Crippen LogP contribution in [0.1, 0.15) is 44.4 Å². The molecule has 0 unspecified atom stereocenters. The lowest BCUT2D eigenvalue weighted by Crippen LogP contribution is -2.26. The van der Waals surface area contributed by atoms with Crippen molar-refractivity contribution in [1.82, 2.24) is 39.3 Å². The fourth-order valence-electron chi connectivity index (χ4n) is 4.69. The Morgan fingerprint density at radius 1 is 1.03 bits per heavy atom. The Hall–Kier alpha value is -4.34. The van der Waals surface area contributed by atoms with Gasteiger partial charge in [0, 0.05) is 42.6 Å². The third kappa shape index (κ3) is 4.74. The van der Waals surface area contributed by atoms with Crippen LogP contribution in [0.5, 0.6) is 0 Å². The maximum Gasteiger partial charge on any atom is 0.334 e. The Balaban J connectivity index is 1.62. The van der Waals surface area contributed by atoms with Gasteiger partial charge in [-0.05, 0) is 53.3 Å². The maximum atomic E-state index is 14.9. The lowest BCUT2D eigenvalue weighted by molar-refractivity contribution is 0.584. The van der Waals surface area contributed by atoms with Crippen molar-refractivity contribution in [2.24, 2.45) is 0 Å². The van der Waals surface area contributed by atoms with Crippen LogP contribution in [0.4, 0.5) is 4.39 Å². The molecule has 9 nitrogen and oxygen atoms in total. The molecule has 0 aliphatic heterocycles. The fraction of sp³-hybridized carbons (Fsp3) is 0.296. The zero-order chi connectivity index (χ0) is 25.8. The van der Waals surface area contributed by atoms with Crippen LogP contribution >= 0.6 is 0 Å². The molecule has 0 amide bonds. The molecule has 4 heterocycles. The van der Waals surface area contributed by atoms with Gasteiger partial charge in [-0.25, -0.2) is 9.18 Å². The van der Waals surface area contributed by atoms with E-state index in [4.69, 9.17) is 0 Å². The summed E-state index contributed by atoms with van der Waals surface area (Å²) in [5.41, 5.74) is 4.09. The van der Waals surface area contributed by atoms with Crippen LogP contribution in [0.2, 0.25) is 0 Å². The summed E-state index contributed by atoms with van der Waals surface area (Å²) in [6.45, 7) is 5.06. The van der Waals surface area contributed by atoms with E-state index in [9.17, 15) is 9.18 Å². The van der Waals surface area contributed by atoms with Gasteiger partial charge in [0.1, 0.15) is 0 Å². The molecule has 0 spiro atoms. The van der Waals surface area contributed by atoms with Crippen LogP contribution in [-0.4, -0.2) is 39.3 Å². The smallest absolute Gasteiger partial charge is 0.331 e. The van der Waals surface area contributed by atoms with Crippen LogP contribution in [0.15, 0.2) is 66.0 Å². The monoisotopic (exact) mass is 500 g/mol. The van der Waals surface area contributed by atoms with E-state index in [1.54, 1.807) is 33.9 Å². The first-order valence-electron chi connectivity index (χ1n) is 12.5. The van der Waals surface area contributed by atoms with E-state index in [-0.39, 0.29) is 11.5 Å². The average molecular weight is 501 g/mol. The van der Waals surface area contributed by atoms with Gasteiger partial charge in [0.15, 0.2) is 11.6 Å². The van der Waals surface area contributed by atoms with Gasteiger partial charge in [0.2, 0.25) is 5.82 Å². The molecular formula is C27H29FN8O. The molecule has 1 aromatic carbocycles. The first kappa shape index (κ1) is 24.4. The standard InChI is InChI=1S/C27H29FN8O/c1-3-5-8-20-18-36(26-24(28)12-15-34(26)14-4-2)27(37)35(20)17-19-16-29-13-11-21(19)22-9-6-7-10-23(22)25-30-32-33-31-25/h6-7,9-13,15-16,18H,3-5,8,14,17H2,1-2H3,(H,30,31,32,33). The van der Waals surface area contributed by atoms with E-state index in [0.717, 1.165) is 47.2 Å². The molecule has 0 aliphatic carbocycles. The summed E-state index contributed by atoms with van der Waals surface area (Å²) in [5, 5.41) is 14.5. The molecular weight excluding hydrogens is 471 g/mol. The number of imidazole rings is 1. The molecule has 0 saturated heterocycles. The third-order valence-electron chi connectivity index (χ3n) is 6.46. The van der Waals surface area contributed by atoms with E-state index < -0.39 is 5.82 Å². The van der Waals surface area contributed by atoms with Crippen molar-refractivity contribution >= 4 is 0 Å². The molecule has 5 aromatic rings. The van der Waals surface area contributed by atoms with E-state index in [2.05, 4.69) is 32.5 Å². The average Bonchev–Trinajstić information content (AvgIpc) is 3.65. The predicted molar refractivity (Wildman–Crippen MR) is 139 cm³/mol. The van der Waals surface area contributed by atoms with Crippen molar-refractivity contribution in [2.75, 3.05) is 0 Å². The second-order valence-corrected chi connectivity index (χ2v) is 8.96. The van der Waals surface area contributed by atoms with Gasteiger partial charge in [-0.3, -0.25) is 14.1 Å². The van der Waals surface area contributed by atoms with Crippen LogP contribution in [0.25, 0.3) is 28.3 Å². The van der Waals surface area contributed by atoms with Gasteiger partial charge in [-0.1, -0.05) is 44.5 Å². The Bertz CT molecular complexity index is 1550. The number of aryl methyl sites for hydroxylation is 2. The highest BCUT2D eigenvalue weighted by atomic mass is 19.1. The summed E-state index contributed by atoms with van der Waals surface area (Å²) < 4.78 is 19.8. The van der Waals surface area contributed by atoms with Crippen molar-refractivity contribution in [3.8, 4) is 28.3 Å². The molecule has 4 aromatic heterocycles. The number of nitrogens with one attached hydrogen (secondary N) is 1. The Morgan fingerprint density at radius 2 is 1.86 bits per heavy atom. The number of nitrogens with zero attached hydrogens (tertiary/aromatic N) is 7. The number of rotatable bonds is 10. The molecule has 0 atom stereocenters. The Labute approximate surface area is 213 Å². The number of tetrazole rings is 1. The van der Waals surface area contributed by atoms with Crippen LogP contribution < -0.4 is 5.69 Å². The number of unbranched alkanes of at least 4 members (excludes halogenated alkanes) is 1. The van der Waals surface area contributed by atoms with Gasteiger partial charge >= 0.3 is 5.69 Å². The SMILES string of the molecule is CCCCc1cn(-c2c(F)ccn2CCC)c(=O)n1Cc1cnccc1-c1ccccc1-c1nn[nH]n1. The minimum atomic E-state index is -0.411. The summed E-state index contributed by atoms with van der Waals surface area (Å²) in [5.74, 6) is 0.348. The van der Waals surface area contributed by atoms with E-state index in [1.165, 1.54) is 10.6 Å². The number of aromatic amines is 1. The minimum absolute atomic E-state index is 0.275. The second kappa shape index (κ2) is 10.7. The first-order valence-corrected chi connectivity index (χ1v) is 12.5. The number of pyridine rings is 1. The van der Waals surface area contributed by atoms with Crippen LogP contribution in [0, 0.1) is 5.82 Å². The summed E-state index contributed by atoms with van der Waals surface area (Å²) in [7, 11) is 0. The molecule has 0 fully saturated rings. The molecule has 0 bridgehead atoms. The molecule has 0 radical (unpaired) electrons. The maximum absolute atomic E-state index is 14.9. The number of H-pyrrole nitrogens is 1. The number of halogens is 1. The lowest BCUT2D eigenvalue weighted by atomic mass is 9.96. The molecule has 0 saturated carbocycles. The second-order valence-electron chi connectivity index (χ2n) is 8.96. The largest absolute Gasteiger partial charge is 0.334 e. The Kier molecular flexibility index (Phi) is 7.07. The molecule has 1 N–H and O–H groups in total. The molecule has 37 heavy (non-hydrogen) atoms. The van der Waals surface area contributed by atoms with Crippen molar-refractivity contribution < 1.29 is 4.39 Å². The quantitative estimate of drug-likeness (QED) is 0.302. The van der Waals surface area contributed by atoms with Gasteiger partial charge in [0.05, 0.1) is 6.54 Å².